The van der Waals surface area contributed by atoms with E-state index in [0.717, 1.165) is 88.6 Å². The monoisotopic (exact) mass is 628 g/mol. The molecule has 11 rings (SSSR count). The summed E-state index contributed by atoms with van der Waals surface area (Å²) in [5.41, 5.74) is 11.7. The first-order chi connectivity index (χ1) is 24.3. The highest BCUT2D eigenvalue weighted by atomic mass is 16.3. The van der Waals surface area contributed by atoms with Crippen molar-refractivity contribution in [3.05, 3.63) is 152 Å². The normalized spacial score (nSPS) is 12.2. The Hall–Kier alpha value is -6.59. The second-order valence-electron chi connectivity index (χ2n) is 12.8. The van der Waals surface area contributed by atoms with E-state index in [1.165, 1.54) is 10.8 Å². The van der Waals surface area contributed by atoms with Gasteiger partial charge in [-0.2, -0.15) is 0 Å². The summed E-state index contributed by atoms with van der Waals surface area (Å²) in [6.07, 6.45) is 0. The Bertz CT molecular complexity index is 3100. The fourth-order valence-corrected chi connectivity index (χ4v) is 8.17. The Morgan fingerprint density at radius 2 is 1.06 bits per heavy atom. The van der Waals surface area contributed by atoms with Gasteiger partial charge in [-0.25, -0.2) is 4.98 Å². The minimum atomic E-state index is 0.886. The number of hydrogen-bond acceptors (Lipinski definition) is 2. The van der Waals surface area contributed by atoms with Crippen LogP contribution in [-0.2, 0) is 7.05 Å². The van der Waals surface area contributed by atoms with E-state index < -0.39 is 0 Å². The number of para-hydroxylation sites is 4. The minimum absolute atomic E-state index is 0.886. The molecule has 49 heavy (non-hydrogen) atoms. The van der Waals surface area contributed by atoms with Crippen LogP contribution in [0.1, 0.15) is 0 Å². The van der Waals surface area contributed by atoms with Crippen LogP contribution in [0.5, 0.6) is 0 Å². The van der Waals surface area contributed by atoms with E-state index in [1.54, 1.807) is 0 Å². The molecule has 230 valence electrons. The smallest absolute Gasteiger partial charge is 0.147 e. The SMILES string of the molecule is Cn1c(-c2ccccc2)nc2cc(-n3c4ccccc4c4c5oc6ccccc6c5c5c(c6ccccc6n5-c5ccccc5)c43)ccc21. The highest BCUT2D eigenvalue weighted by Crippen LogP contribution is 2.49. The lowest BCUT2D eigenvalue weighted by Crippen LogP contribution is -1.96. The Morgan fingerprint density at radius 1 is 0.490 bits per heavy atom. The van der Waals surface area contributed by atoms with Crippen LogP contribution in [0.2, 0.25) is 0 Å². The maximum Gasteiger partial charge on any atom is 0.147 e. The number of imidazole rings is 1. The third kappa shape index (κ3) is 3.51. The minimum Gasteiger partial charge on any atom is -0.455 e. The van der Waals surface area contributed by atoms with Gasteiger partial charge in [0, 0.05) is 45.5 Å². The third-order valence-corrected chi connectivity index (χ3v) is 10.2. The standard InChI is InChI=1S/C44H28N4O/c1-46-36-25-24-29(26-33(36)45-44(46)27-14-4-2-5-15-27)48-35-22-12-9-19-31(35)39-41(48)38-30-18-8-11-21-34(30)47(28-16-6-3-7-17-28)42(38)40-32-20-10-13-23-37(32)49-43(39)40/h2-26H,1H3. The predicted molar refractivity (Wildman–Crippen MR) is 202 cm³/mol. The molecule has 0 saturated carbocycles. The van der Waals surface area contributed by atoms with Crippen LogP contribution in [0.4, 0.5) is 0 Å². The zero-order chi connectivity index (χ0) is 32.2. The Morgan fingerprint density at radius 3 is 1.80 bits per heavy atom. The number of fused-ring (bicyclic) bond motifs is 13. The summed E-state index contributed by atoms with van der Waals surface area (Å²) in [4.78, 5) is 5.17. The van der Waals surface area contributed by atoms with Crippen LogP contribution in [0, 0.1) is 0 Å². The average molecular weight is 629 g/mol. The van der Waals surface area contributed by atoms with Gasteiger partial charge in [0.05, 0.1) is 43.9 Å². The summed E-state index contributed by atoms with van der Waals surface area (Å²) in [5, 5.41) is 6.93. The fraction of sp³-hybridized carbons (Fsp3) is 0.0227. The topological polar surface area (TPSA) is 40.8 Å². The molecular formula is C44H28N4O. The molecule has 0 aliphatic rings. The molecule has 0 atom stereocenters. The summed E-state index contributed by atoms with van der Waals surface area (Å²) < 4.78 is 13.9. The van der Waals surface area contributed by atoms with E-state index in [4.69, 9.17) is 9.40 Å². The van der Waals surface area contributed by atoms with Crippen molar-refractivity contribution in [1.82, 2.24) is 18.7 Å². The molecular weight excluding hydrogens is 601 g/mol. The van der Waals surface area contributed by atoms with Crippen LogP contribution in [-0.4, -0.2) is 18.7 Å². The van der Waals surface area contributed by atoms with Crippen molar-refractivity contribution in [2.45, 2.75) is 0 Å². The predicted octanol–water partition coefficient (Wildman–Crippen LogP) is 11.3. The molecule has 0 radical (unpaired) electrons. The quantitative estimate of drug-likeness (QED) is 0.195. The molecule has 11 aromatic rings. The van der Waals surface area contributed by atoms with Crippen molar-refractivity contribution in [2.75, 3.05) is 0 Å². The number of hydrogen-bond donors (Lipinski definition) is 0. The third-order valence-electron chi connectivity index (χ3n) is 10.2. The second kappa shape index (κ2) is 9.72. The van der Waals surface area contributed by atoms with Gasteiger partial charge >= 0.3 is 0 Å². The number of benzene rings is 7. The first-order valence-electron chi connectivity index (χ1n) is 16.6. The van der Waals surface area contributed by atoms with Crippen molar-refractivity contribution in [3.8, 4) is 22.8 Å². The highest BCUT2D eigenvalue weighted by Gasteiger charge is 2.27. The van der Waals surface area contributed by atoms with Gasteiger partial charge in [0.1, 0.15) is 17.0 Å². The van der Waals surface area contributed by atoms with E-state index in [2.05, 4.69) is 166 Å². The molecule has 0 aliphatic carbocycles. The van der Waals surface area contributed by atoms with Gasteiger partial charge in [-0.15, -0.1) is 0 Å². The molecule has 0 amide bonds. The zero-order valence-corrected chi connectivity index (χ0v) is 26.6. The Balaban J connectivity index is 1.37. The summed E-state index contributed by atoms with van der Waals surface area (Å²) in [7, 11) is 2.10. The molecule has 0 aliphatic heterocycles. The van der Waals surface area contributed by atoms with E-state index in [-0.39, 0.29) is 0 Å². The number of nitrogens with zero attached hydrogens (tertiary/aromatic N) is 4. The van der Waals surface area contributed by atoms with E-state index in [0.29, 0.717) is 0 Å². The van der Waals surface area contributed by atoms with Crippen molar-refractivity contribution in [1.29, 1.82) is 0 Å². The molecule has 0 N–H and O–H groups in total. The van der Waals surface area contributed by atoms with Crippen molar-refractivity contribution in [3.63, 3.8) is 0 Å². The average Bonchev–Trinajstić information content (AvgIpc) is 3.89. The largest absolute Gasteiger partial charge is 0.455 e. The van der Waals surface area contributed by atoms with E-state index in [1.807, 2.05) is 6.07 Å². The van der Waals surface area contributed by atoms with E-state index in [9.17, 15) is 0 Å². The number of furan rings is 1. The van der Waals surface area contributed by atoms with Crippen molar-refractivity contribution in [2.24, 2.45) is 7.05 Å². The molecule has 5 heteroatoms. The van der Waals surface area contributed by atoms with E-state index >= 15 is 0 Å². The lowest BCUT2D eigenvalue weighted by molar-refractivity contribution is 0.673. The summed E-state index contributed by atoms with van der Waals surface area (Å²) in [6, 6.07) is 53.7. The molecule has 0 spiro atoms. The Kier molecular flexibility index (Phi) is 5.25. The van der Waals surface area contributed by atoms with Gasteiger partial charge in [0.25, 0.3) is 0 Å². The molecule has 7 aromatic carbocycles. The van der Waals surface area contributed by atoms with Gasteiger partial charge in [0.15, 0.2) is 0 Å². The summed E-state index contributed by atoms with van der Waals surface area (Å²) in [6.45, 7) is 0. The van der Waals surface area contributed by atoms with Crippen LogP contribution in [0.15, 0.2) is 156 Å². The number of aryl methyl sites for hydroxylation is 1. The van der Waals surface area contributed by atoms with Gasteiger partial charge in [-0.1, -0.05) is 103 Å². The molecule has 4 heterocycles. The molecule has 4 aromatic heterocycles. The molecule has 0 fully saturated rings. The maximum absolute atomic E-state index is 6.91. The highest BCUT2D eigenvalue weighted by molar-refractivity contribution is 6.39. The lowest BCUT2D eigenvalue weighted by atomic mass is 10.0. The van der Waals surface area contributed by atoms with Crippen LogP contribution in [0.3, 0.4) is 0 Å². The lowest BCUT2D eigenvalue weighted by Gasteiger charge is -2.11. The van der Waals surface area contributed by atoms with Gasteiger partial charge in [-0.05, 0) is 48.5 Å². The van der Waals surface area contributed by atoms with Crippen molar-refractivity contribution >= 4 is 76.6 Å². The first-order valence-corrected chi connectivity index (χ1v) is 16.6. The fourth-order valence-electron chi connectivity index (χ4n) is 8.17. The van der Waals surface area contributed by atoms with Gasteiger partial charge in [0.2, 0.25) is 0 Å². The second-order valence-corrected chi connectivity index (χ2v) is 12.8. The number of aromatic nitrogens is 4. The molecule has 0 bridgehead atoms. The van der Waals surface area contributed by atoms with Crippen LogP contribution >= 0.6 is 0 Å². The maximum atomic E-state index is 6.91. The van der Waals surface area contributed by atoms with Crippen LogP contribution in [0.25, 0.3) is 99.3 Å². The first kappa shape index (κ1) is 26.5. The molecule has 0 unspecified atom stereocenters. The van der Waals surface area contributed by atoms with Crippen LogP contribution < -0.4 is 0 Å². The summed E-state index contributed by atoms with van der Waals surface area (Å²) in [5.74, 6) is 0.951. The van der Waals surface area contributed by atoms with Crippen molar-refractivity contribution < 1.29 is 4.42 Å². The van der Waals surface area contributed by atoms with Gasteiger partial charge < -0.3 is 18.1 Å². The molecule has 0 saturated heterocycles. The molecule has 5 nitrogen and oxygen atoms in total. The number of rotatable bonds is 3. The zero-order valence-electron chi connectivity index (χ0n) is 26.6. The summed E-state index contributed by atoms with van der Waals surface area (Å²) >= 11 is 0. The Labute approximate surface area is 280 Å². The van der Waals surface area contributed by atoms with Gasteiger partial charge in [-0.3, -0.25) is 0 Å².